The molecule has 2 N–H and O–H groups in total. The molecule has 0 aliphatic carbocycles. The number of aromatic nitrogens is 3. The number of ether oxygens (including phenoxy) is 3. The number of rotatable bonds is 8. The van der Waals surface area contributed by atoms with Gasteiger partial charge in [0.05, 0.1) is 38.5 Å². The summed E-state index contributed by atoms with van der Waals surface area (Å²) in [6.07, 6.45) is 0. The summed E-state index contributed by atoms with van der Waals surface area (Å²) in [6, 6.07) is 18.3. The van der Waals surface area contributed by atoms with Crippen molar-refractivity contribution in [2.24, 2.45) is 0 Å². The lowest BCUT2D eigenvalue weighted by molar-refractivity contribution is -0.113. The minimum absolute atomic E-state index is 0.00359. The fourth-order valence-electron chi connectivity index (χ4n) is 4.24. The van der Waals surface area contributed by atoms with Crippen molar-refractivity contribution >= 4 is 45.3 Å². The molecule has 0 radical (unpaired) electrons. The van der Waals surface area contributed by atoms with Crippen LogP contribution in [0.3, 0.4) is 0 Å². The largest absolute Gasteiger partial charge is 0.497 e. The number of aryl methyl sites for hydroxylation is 1. The molecule has 3 aromatic carbocycles. The van der Waals surface area contributed by atoms with Crippen molar-refractivity contribution in [3.8, 4) is 22.9 Å². The van der Waals surface area contributed by atoms with E-state index in [-0.39, 0.29) is 17.2 Å². The predicted octanol–water partition coefficient (Wildman–Crippen LogP) is 4.93. The molecule has 0 spiro atoms. The van der Waals surface area contributed by atoms with Gasteiger partial charge in [-0.25, -0.2) is 9.55 Å². The molecular weight excluding hydrogens is 504 g/mol. The minimum atomic E-state index is -0.283. The molecule has 9 nitrogen and oxygen atoms in total. The van der Waals surface area contributed by atoms with Crippen LogP contribution in [0.15, 0.2) is 70.6 Å². The van der Waals surface area contributed by atoms with Gasteiger partial charge in [0.15, 0.2) is 5.16 Å². The summed E-state index contributed by atoms with van der Waals surface area (Å²) in [5, 5.41) is 4.06. The van der Waals surface area contributed by atoms with Crippen LogP contribution in [0.1, 0.15) is 5.56 Å². The molecule has 5 aromatic rings. The monoisotopic (exact) mass is 530 g/mol. The number of hydrogen-bond acceptors (Lipinski definition) is 7. The summed E-state index contributed by atoms with van der Waals surface area (Å²) in [5.74, 6) is 1.33. The number of H-pyrrole nitrogens is 1. The lowest BCUT2D eigenvalue weighted by Gasteiger charge is -2.16. The van der Waals surface area contributed by atoms with Crippen LogP contribution >= 0.6 is 11.8 Å². The molecule has 194 valence electrons. The summed E-state index contributed by atoms with van der Waals surface area (Å²) >= 11 is 1.16. The van der Waals surface area contributed by atoms with E-state index in [9.17, 15) is 9.59 Å². The van der Waals surface area contributed by atoms with E-state index in [2.05, 4.69) is 10.3 Å². The maximum atomic E-state index is 13.9. The zero-order valence-corrected chi connectivity index (χ0v) is 22.1. The van der Waals surface area contributed by atoms with Gasteiger partial charge in [0.2, 0.25) is 5.91 Å². The second kappa shape index (κ2) is 10.5. The van der Waals surface area contributed by atoms with Crippen LogP contribution in [0.25, 0.3) is 27.6 Å². The molecule has 0 saturated heterocycles. The van der Waals surface area contributed by atoms with Gasteiger partial charge >= 0.3 is 0 Å². The number of methoxy groups -OCH3 is 3. The average Bonchev–Trinajstić information content (AvgIpc) is 3.31. The van der Waals surface area contributed by atoms with Crippen LogP contribution in [0.4, 0.5) is 5.69 Å². The highest BCUT2D eigenvalue weighted by molar-refractivity contribution is 7.99. The standard InChI is InChI=1S/C28H26N4O5S/c1-16-9-12-22(36-3)21(13-16)32-27(34)26-25(18-7-5-6-8-19(18)30-26)31-28(32)38-15-24(33)29-20-11-10-17(35-2)14-23(20)37-4/h5-14,30H,15H2,1-4H3,(H,29,33). The van der Waals surface area contributed by atoms with Crippen molar-refractivity contribution in [3.63, 3.8) is 0 Å². The van der Waals surface area contributed by atoms with E-state index in [0.717, 1.165) is 28.2 Å². The summed E-state index contributed by atoms with van der Waals surface area (Å²) < 4.78 is 17.7. The van der Waals surface area contributed by atoms with Gasteiger partial charge in [0.1, 0.15) is 28.3 Å². The molecule has 2 aromatic heterocycles. The van der Waals surface area contributed by atoms with Gasteiger partial charge in [-0.2, -0.15) is 0 Å². The number of carbonyl (C=O) groups is 1. The highest BCUT2D eigenvalue weighted by Crippen LogP contribution is 2.32. The van der Waals surface area contributed by atoms with Crippen molar-refractivity contribution in [1.29, 1.82) is 0 Å². The number of thioether (sulfide) groups is 1. The van der Waals surface area contributed by atoms with E-state index < -0.39 is 0 Å². The number of para-hydroxylation sites is 1. The first kappa shape index (κ1) is 25.2. The third-order valence-corrected chi connectivity index (χ3v) is 7.02. The number of carbonyl (C=O) groups excluding carboxylic acids is 1. The molecule has 1 amide bonds. The topological polar surface area (TPSA) is 107 Å². The Morgan fingerprint density at radius 3 is 2.55 bits per heavy atom. The smallest absolute Gasteiger partial charge is 0.283 e. The maximum absolute atomic E-state index is 13.9. The van der Waals surface area contributed by atoms with Gasteiger partial charge in [-0.15, -0.1) is 0 Å². The Hall–Kier alpha value is -4.44. The van der Waals surface area contributed by atoms with Crippen LogP contribution in [-0.2, 0) is 4.79 Å². The Morgan fingerprint density at radius 1 is 1.00 bits per heavy atom. The first-order chi connectivity index (χ1) is 18.4. The molecule has 0 unspecified atom stereocenters. The first-order valence-electron chi connectivity index (χ1n) is 11.8. The van der Waals surface area contributed by atoms with Crippen LogP contribution in [-0.4, -0.2) is 47.5 Å². The number of fused-ring (bicyclic) bond motifs is 3. The second-order valence-corrected chi connectivity index (χ2v) is 9.45. The SMILES string of the molecule is COc1ccc(NC(=O)CSc2nc3c([nH]c4ccccc43)c(=O)n2-c2cc(C)ccc2OC)c(OC)c1. The summed E-state index contributed by atoms with van der Waals surface area (Å²) in [5.41, 5.74) is 3.46. The Bertz CT molecular complexity index is 1730. The summed E-state index contributed by atoms with van der Waals surface area (Å²) in [7, 11) is 4.63. The molecule has 2 heterocycles. The molecule has 0 saturated carbocycles. The fraction of sp³-hybridized carbons (Fsp3) is 0.179. The van der Waals surface area contributed by atoms with E-state index in [1.807, 2.05) is 49.4 Å². The second-order valence-electron chi connectivity index (χ2n) is 8.51. The Morgan fingerprint density at radius 2 is 1.79 bits per heavy atom. The van der Waals surface area contributed by atoms with E-state index in [4.69, 9.17) is 19.2 Å². The van der Waals surface area contributed by atoms with Gasteiger partial charge in [-0.3, -0.25) is 9.59 Å². The fourth-order valence-corrected chi connectivity index (χ4v) is 5.04. The third-order valence-electron chi connectivity index (χ3n) is 6.08. The van der Waals surface area contributed by atoms with Crippen molar-refractivity contribution in [2.45, 2.75) is 12.1 Å². The predicted molar refractivity (Wildman–Crippen MR) is 149 cm³/mol. The van der Waals surface area contributed by atoms with Crippen molar-refractivity contribution in [1.82, 2.24) is 14.5 Å². The Balaban J connectivity index is 1.56. The number of amides is 1. The molecule has 38 heavy (non-hydrogen) atoms. The Labute approximate surface area is 222 Å². The molecule has 0 atom stereocenters. The van der Waals surface area contributed by atoms with Gasteiger partial charge in [-0.05, 0) is 42.8 Å². The molecular formula is C28H26N4O5S. The Kier molecular flexibility index (Phi) is 6.97. The van der Waals surface area contributed by atoms with Gasteiger partial charge in [0.25, 0.3) is 5.56 Å². The van der Waals surface area contributed by atoms with Crippen molar-refractivity contribution < 1.29 is 19.0 Å². The van der Waals surface area contributed by atoms with E-state index in [0.29, 0.717) is 44.8 Å². The number of aromatic amines is 1. The minimum Gasteiger partial charge on any atom is -0.497 e. The number of nitrogens with zero attached hydrogens (tertiary/aromatic N) is 2. The van der Waals surface area contributed by atoms with E-state index in [1.54, 1.807) is 32.4 Å². The first-order valence-corrected chi connectivity index (χ1v) is 12.7. The average molecular weight is 531 g/mol. The zero-order valence-electron chi connectivity index (χ0n) is 21.3. The highest BCUT2D eigenvalue weighted by atomic mass is 32.2. The quantitative estimate of drug-likeness (QED) is 0.216. The number of anilines is 1. The molecule has 0 aliphatic rings. The van der Waals surface area contributed by atoms with Crippen molar-refractivity contribution in [2.75, 3.05) is 32.4 Å². The molecule has 0 aliphatic heterocycles. The maximum Gasteiger partial charge on any atom is 0.283 e. The summed E-state index contributed by atoms with van der Waals surface area (Å²) in [6.45, 7) is 1.94. The molecule has 5 rings (SSSR count). The third kappa shape index (κ3) is 4.66. The van der Waals surface area contributed by atoms with Gasteiger partial charge in [-0.1, -0.05) is 36.0 Å². The summed E-state index contributed by atoms with van der Waals surface area (Å²) in [4.78, 5) is 34.9. The number of nitrogens with one attached hydrogen (secondary N) is 2. The number of hydrogen-bond donors (Lipinski definition) is 2. The normalized spacial score (nSPS) is 11.1. The highest BCUT2D eigenvalue weighted by Gasteiger charge is 2.21. The van der Waals surface area contributed by atoms with E-state index in [1.165, 1.54) is 11.7 Å². The lowest BCUT2D eigenvalue weighted by Crippen LogP contribution is -2.23. The van der Waals surface area contributed by atoms with Crippen molar-refractivity contribution in [3.05, 3.63) is 76.6 Å². The van der Waals surface area contributed by atoms with E-state index >= 15 is 0 Å². The van der Waals surface area contributed by atoms with Crippen LogP contribution in [0, 0.1) is 6.92 Å². The zero-order chi connectivity index (χ0) is 26.8. The van der Waals surface area contributed by atoms with Crippen LogP contribution in [0.5, 0.6) is 17.2 Å². The lowest BCUT2D eigenvalue weighted by atomic mass is 10.2. The van der Waals surface area contributed by atoms with Gasteiger partial charge < -0.3 is 24.5 Å². The van der Waals surface area contributed by atoms with Crippen LogP contribution in [0.2, 0.25) is 0 Å². The molecule has 10 heteroatoms. The van der Waals surface area contributed by atoms with Crippen LogP contribution < -0.4 is 25.1 Å². The molecule has 0 fully saturated rings. The number of benzene rings is 3. The molecule has 0 bridgehead atoms. The van der Waals surface area contributed by atoms with Gasteiger partial charge in [0, 0.05) is 17.0 Å².